The van der Waals surface area contributed by atoms with Gasteiger partial charge in [0.2, 0.25) is 0 Å². The standard InChI is InChI=1S/C28H23P/c1-4-14-25(15-5-1)29(26-16-6-2-7-17-26,27-18-8-3-9-19-27)28-21-20-23-12-10-11-13-24(23)22-28/h1-22,29H. The van der Waals surface area contributed by atoms with Gasteiger partial charge >= 0.3 is 173 Å². The summed E-state index contributed by atoms with van der Waals surface area (Å²) in [7, 11) is -2.42. The summed E-state index contributed by atoms with van der Waals surface area (Å²) in [6.07, 6.45) is 0. The average Bonchev–Trinajstić information content (AvgIpc) is 2.82. The van der Waals surface area contributed by atoms with E-state index in [4.69, 9.17) is 0 Å². The molecule has 29 heavy (non-hydrogen) atoms. The first-order valence-corrected chi connectivity index (χ1v) is 12.0. The molecular formula is C28H23P. The molecule has 0 radical (unpaired) electrons. The number of hydrogen-bond donors (Lipinski definition) is 0. The van der Waals surface area contributed by atoms with Gasteiger partial charge in [0, 0.05) is 0 Å². The minimum absolute atomic E-state index is 1.29. The van der Waals surface area contributed by atoms with E-state index in [1.807, 2.05) is 0 Å². The van der Waals surface area contributed by atoms with Crippen molar-refractivity contribution in [1.82, 2.24) is 0 Å². The van der Waals surface area contributed by atoms with Crippen LogP contribution in [0.15, 0.2) is 133 Å². The van der Waals surface area contributed by atoms with Crippen LogP contribution in [0.3, 0.4) is 0 Å². The summed E-state index contributed by atoms with van der Waals surface area (Å²) in [6, 6.07) is 48.9. The first-order chi connectivity index (χ1) is 14.4. The fraction of sp³-hybridized carbons (Fsp3) is 0. The molecule has 0 aliphatic heterocycles. The Hall–Kier alpha value is -3.21. The van der Waals surface area contributed by atoms with Crippen LogP contribution in [-0.4, -0.2) is 0 Å². The summed E-state index contributed by atoms with van der Waals surface area (Å²) in [5.74, 6) is 0. The molecule has 5 aromatic rings. The van der Waals surface area contributed by atoms with E-state index in [0.29, 0.717) is 0 Å². The Kier molecular flexibility index (Phi) is 4.72. The van der Waals surface area contributed by atoms with Gasteiger partial charge in [-0.05, 0) is 0 Å². The first kappa shape index (κ1) is 17.9. The maximum absolute atomic E-state index is 2.42. The van der Waals surface area contributed by atoms with Gasteiger partial charge in [0.05, 0.1) is 0 Å². The molecule has 0 heterocycles. The van der Waals surface area contributed by atoms with E-state index in [2.05, 4.69) is 133 Å². The van der Waals surface area contributed by atoms with Crippen molar-refractivity contribution >= 4 is 39.3 Å². The molecule has 0 nitrogen and oxygen atoms in total. The van der Waals surface area contributed by atoms with E-state index in [1.54, 1.807) is 0 Å². The van der Waals surface area contributed by atoms with Gasteiger partial charge < -0.3 is 0 Å². The van der Waals surface area contributed by atoms with Gasteiger partial charge in [-0.3, -0.25) is 0 Å². The van der Waals surface area contributed by atoms with Crippen LogP contribution in [0.5, 0.6) is 0 Å². The van der Waals surface area contributed by atoms with Gasteiger partial charge in [0.25, 0.3) is 0 Å². The second-order valence-corrected chi connectivity index (χ2v) is 11.2. The third-order valence-corrected chi connectivity index (χ3v) is 10.6. The average molecular weight is 390 g/mol. The Morgan fingerprint density at radius 3 is 1.21 bits per heavy atom. The maximum atomic E-state index is 2.41. The molecule has 5 rings (SSSR count). The molecule has 0 spiro atoms. The first-order valence-electron chi connectivity index (χ1n) is 10.0. The third-order valence-electron chi connectivity index (χ3n) is 5.80. The molecule has 0 N–H and O–H groups in total. The second-order valence-electron chi connectivity index (χ2n) is 7.41. The van der Waals surface area contributed by atoms with Gasteiger partial charge in [0.15, 0.2) is 0 Å². The van der Waals surface area contributed by atoms with Crippen molar-refractivity contribution in [3.05, 3.63) is 133 Å². The van der Waals surface area contributed by atoms with Crippen LogP contribution in [-0.2, 0) is 0 Å². The Morgan fingerprint density at radius 1 is 0.310 bits per heavy atom. The normalized spacial score (nSPS) is 12.0. The predicted octanol–water partition coefficient (Wildman–Crippen LogP) is 5.19. The van der Waals surface area contributed by atoms with Crippen molar-refractivity contribution in [2.24, 2.45) is 0 Å². The van der Waals surface area contributed by atoms with Crippen LogP contribution in [0.2, 0.25) is 0 Å². The number of fused-ring (bicyclic) bond motifs is 1. The van der Waals surface area contributed by atoms with Crippen molar-refractivity contribution in [2.75, 3.05) is 0 Å². The number of hydrogen-bond acceptors (Lipinski definition) is 0. The van der Waals surface area contributed by atoms with Crippen LogP contribution in [0, 0.1) is 0 Å². The summed E-state index contributed by atoms with van der Waals surface area (Å²) >= 11 is 0. The zero-order chi connectivity index (χ0) is 19.5. The van der Waals surface area contributed by atoms with Crippen LogP contribution >= 0.6 is 7.26 Å². The summed E-state index contributed by atoms with van der Waals surface area (Å²) in [4.78, 5) is 0. The predicted molar refractivity (Wildman–Crippen MR) is 130 cm³/mol. The Bertz CT molecular complexity index is 1130. The molecule has 0 fully saturated rings. The second kappa shape index (κ2) is 7.66. The van der Waals surface area contributed by atoms with Crippen molar-refractivity contribution in [3.8, 4) is 0 Å². The van der Waals surface area contributed by atoms with Crippen LogP contribution in [0.1, 0.15) is 0 Å². The zero-order valence-electron chi connectivity index (χ0n) is 16.2. The molecule has 0 saturated carbocycles. The topological polar surface area (TPSA) is 0 Å². The number of benzene rings is 5. The molecule has 0 aromatic heterocycles. The molecule has 0 saturated heterocycles. The molecule has 0 unspecified atom stereocenters. The summed E-state index contributed by atoms with van der Waals surface area (Å²) in [6.45, 7) is 0. The Labute approximate surface area is 172 Å². The van der Waals surface area contributed by atoms with E-state index in [0.717, 1.165) is 0 Å². The quantitative estimate of drug-likeness (QED) is 0.371. The summed E-state index contributed by atoms with van der Waals surface area (Å²) in [5.41, 5.74) is 0. The molecule has 1 heteroatoms. The fourth-order valence-electron chi connectivity index (χ4n) is 4.49. The van der Waals surface area contributed by atoms with Gasteiger partial charge in [0.1, 0.15) is 0 Å². The van der Waals surface area contributed by atoms with Crippen molar-refractivity contribution in [3.63, 3.8) is 0 Å². The zero-order valence-corrected chi connectivity index (χ0v) is 17.2. The summed E-state index contributed by atoms with van der Waals surface area (Å²) < 4.78 is 0. The van der Waals surface area contributed by atoms with Crippen LogP contribution in [0.4, 0.5) is 0 Å². The molecule has 0 aliphatic rings. The molecule has 0 atom stereocenters. The molecule has 0 aliphatic carbocycles. The minimum atomic E-state index is -2.42. The van der Waals surface area contributed by atoms with Crippen molar-refractivity contribution in [1.29, 1.82) is 0 Å². The summed E-state index contributed by atoms with van der Waals surface area (Å²) in [5, 5.41) is 8.23. The van der Waals surface area contributed by atoms with Gasteiger partial charge in [-0.15, -0.1) is 0 Å². The van der Waals surface area contributed by atoms with Crippen molar-refractivity contribution in [2.45, 2.75) is 0 Å². The molecular weight excluding hydrogens is 367 g/mol. The van der Waals surface area contributed by atoms with Gasteiger partial charge in [-0.2, -0.15) is 0 Å². The van der Waals surface area contributed by atoms with E-state index < -0.39 is 7.26 Å². The molecule has 0 amide bonds. The Balaban J connectivity index is 1.92. The van der Waals surface area contributed by atoms with E-state index in [9.17, 15) is 0 Å². The monoisotopic (exact) mass is 390 g/mol. The van der Waals surface area contributed by atoms with Gasteiger partial charge in [-0.25, -0.2) is 0 Å². The van der Waals surface area contributed by atoms with Crippen LogP contribution in [0.25, 0.3) is 10.8 Å². The molecule has 5 aromatic carbocycles. The molecule has 140 valence electrons. The van der Waals surface area contributed by atoms with Gasteiger partial charge in [-0.1, -0.05) is 0 Å². The fourth-order valence-corrected chi connectivity index (χ4v) is 9.27. The van der Waals surface area contributed by atoms with Crippen molar-refractivity contribution < 1.29 is 0 Å². The number of rotatable bonds is 4. The SMILES string of the molecule is c1ccc([PH](c2ccccc2)(c2ccccc2)c2ccc3ccccc3c2)cc1. The Morgan fingerprint density at radius 2 is 0.724 bits per heavy atom. The van der Waals surface area contributed by atoms with Crippen LogP contribution < -0.4 is 21.2 Å². The van der Waals surface area contributed by atoms with E-state index in [1.165, 1.54) is 32.0 Å². The van der Waals surface area contributed by atoms with E-state index >= 15 is 0 Å². The van der Waals surface area contributed by atoms with E-state index in [-0.39, 0.29) is 0 Å². The third kappa shape index (κ3) is 3.07. The molecule has 0 bridgehead atoms.